The Bertz CT molecular complexity index is 557. The molecule has 6 nitrogen and oxygen atoms in total. The van der Waals surface area contributed by atoms with Crippen LogP contribution in [-0.2, 0) is 4.74 Å². The molecule has 1 saturated heterocycles. The van der Waals surface area contributed by atoms with Gasteiger partial charge >= 0.3 is 0 Å². The van der Waals surface area contributed by atoms with E-state index < -0.39 is 5.82 Å². The molecule has 7 heteroatoms. The van der Waals surface area contributed by atoms with Crippen LogP contribution in [0, 0.1) is 5.82 Å². The van der Waals surface area contributed by atoms with Gasteiger partial charge in [0.05, 0.1) is 19.3 Å². The third-order valence-electron chi connectivity index (χ3n) is 3.17. The highest BCUT2D eigenvalue weighted by Gasteiger charge is 2.23. The summed E-state index contributed by atoms with van der Waals surface area (Å²) in [5, 5.41) is 3.50. The number of hydrogen-bond donors (Lipinski definition) is 0. The zero-order chi connectivity index (χ0) is 14.5. The molecule has 0 aromatic heterocycles. The monoisotopic (exact) mass is 278 g/mol. The normalized spacial score (nSPS) is 18.5. The lowest BCUT2D eigenvalue weighted by Crippen LogP contribution is -2.44. The summed E-state index contributed by atoms with van der Waals surface area (Å²) >= 11 is 0. The van der Waals surface area contributed by atoms with E-state index in [0.717, 1.165) is 0 Å². The molecule has 106 valence electrons. The van der Waals surface area contributed by atoms with Crippen LogP contribution < -0.4 is 4.90 Å². The number of azide groups is 1. The van der Waals surface area contributed by atoms with Crippen LogP contribution in [0.3, 0.4) is 0 Å². The van der Waals surface area contributed by atoms with Crippen LogP contribution in [0.2, 0.25) is 0 Å². The Morgan fingerprint density at radius 1 is 1.65 bits per heavy atom. The Morgan fingerprint density at radius 3 is 3.15 bits per heavy atom. The molecule has 0 aliphatic carbocycles. The molecule has 1 heterocycles. The first-order chi connectivity index (χ1) is 9.61. The standard InChI is InChI=1S/C13H15FN4O2/c1-9(19)12-6-10(14)2-3-13(12)18-4-5-20-11(8-18)7-16-17-15/h2-3,6,11H,4-5,7-8H2,1H3/t11-/m0/s1. The Hall–Kier alpha value is -2.11. The fourth-order valence-electron chi connectivity index (χ4n) is 2.24. The van der Waals surface area contributed by atoms with Gasteiger partial charge in [0.15, 0.2) is 5.78 Å². The van der Waals surface area contributed by atoms with Gasteiger partial charge < -0.3 is 9.64 Å². The lowest BCUT2D eigenvalue weighted by molar-refractivity contribution is 0.0465. The SMILES string of the molecule is CC(=O)c1cc(F)ccc1N1CCO[C@@H](CN=[N+]=[N-])C1. The summed E-state index contributed by atoms with van der Waals surface area (Å²) in [6.07, 6.45) is -0.218. The van der Waals surface area contributed by atoms with Crippen molar-refractivity contribution in [3.63, 3.8) is 0 Å². The van der Waals surface area contributed by atoms with E-state index in [0.29, 0.717) is 30.9 Å². The van der Waals surface area contributed by atoms with E-state index in [1.165, 1.54) is 19.1 Å². The van der Waals surface area contributed by atoms with E-state index in [1.807, 2.05) is 4.90 Å². The number of nitrogens with zero attached hydrogens (tertiary/aromatic N) is 4. The Labute approximate surface area is 115 Å². The maximum atomic E-state index is 13.3. The molecular weight excluding hydrogens is 263 g/mol. The number of benzene rings is 1. The smallest absolute Gasteiger partial charge is 0.161 e. The van der Waals surface area contributed by atoms with Gasteiger partial charge in [-0.05, 0) is 30.7 Å². The lowest BCUT2D eigenvalue weighted by Gasteiger charge is -2.34. The summed E-state index contributed by atoms with van der Waals surface area (Å²) in [5.41, 5.74) is 9.37. The highest BCUT2D eigenvalue weighted by atomic mass is 19.1. The molecule has 1 aromatic carbocycles. The van der Waals surface area contributed by atoms with Crippen LogP contribution in [0.15, 0.2) is 23.3 Å². The van der Waals surface area contributed by atoms with Gasteiger partial charge in [0, 0.05) is 29.3 Å². The molecule has 0 saturated carbocycles. The van der Waals surface area contributed by atoms with Crippen molar-refractivity contribution in [2.24, 2.45) is 5.11 Å². The highest BCUT2D eigenvalue weighted by Crippen LogP contribution is 2.24. The number of anilines is 1. The maximum absolute atomic E-state index is 13.3. The fourth-order valence-corrected chi connectivity index (χ4v) is 2.24. The van der Waals surface area contributed by atoms with Gasteiger partial charge in [0.2, 0.25) is 0 Å². The first kappa shape index (κ1) is 14.3. The molecule has 1 aliphatic heterocycles. The predicted molar refractivity (Wildman–Crippen MR) is 72.4 cm³/mol. The summed E-state index contributed by atoms with van der Waals surface area (Å²) in [4.78, 5) is 16.3. The van der Waals surface area contributed by atoms with Crippen LogP contribution in [0.5, 0.6) is 0 Å². The van der Waals surface area contributed by atoms with Gasteiger partial charge in [-0.15, -0.1) is 0 Å². The molecule has 0 amide bonds. The van der Waals surface area contributed by atoms with E-state index in [4.69, 9.17) is 10.3 Å². The zero-order valence-corrected chi connectivity index (χ0v) is 11.1. The van der Waals surface area contributed by atoms with Crippen molar-refractivity contribution in [1.29, 1.82) is 0 Å². The number of halogens is 1. The molecular formula is C13H15FN4O2. The molecule has 0 spiro atoms. The molecule has 0 radical (unpaired) electrons. The first-order valence-electron chi connectivity index (χ1n) is 6.29. The number of ether oxygens (including phenoxy) is 1. The summed E-state index contributed by atoms with van der Waals surface area (Å²) in [6, 6.07) is 4.18. The number of Topliss-reactive ketones (excluding diaryl/α,β-unsaturated/α-hetero) is 1. The van der Waals surface area contributed by atoms with Gasteiger partial charge in [-0.3, -0.25) is 4.79 Å². The maximum Gasteiger partial charge on any atom is 0.161 e. The summed E-state index contributed by atoms with van der Waals surface area (Å²) in [6.45, 7) is 3.24. The third kappa shape index (κ3) is 3.26. The number of morpholine rings is 1. The van der Waals surface area contributed by atoms with E-state index >= 15 is 0 Å². The summed E-state index contributed by atoms with van der Waals surface area (Å²) < 4.78 is 18.8. The zero-order valence-electron chi connectivity index (χ0n) is 11.1. The van der Waals surface area contributed by atoms with Crippen LogP contribution in [0.25, 0.3) is 10.4 Å². The van der Waals surface area contributed by atoms with E-state index in [9.17, 15) is 9.18 Å². The number of carbonyl (C=O) groups is 1. The van der Waals surface area contributed by atoms with Gasteiger partial charge in [0.25, 0.3) is 0 Å². The second-order valence-electron chi connectivity index (χ2n) is 4.57. The Balaban J connectivity index is 2.22. The van der Waals surface area contributed by atoms with E-state index in [-0.39, 0.29) is 18.4 Å². The largest absolute Gasteiger partial charge is 0.374 e. The average molecular weight is 278 g/mol. The Morgan fingerprint density at radius 2 is 2.45 bits per heavy atom. The topological polar surface area (TPSA) is 78.3 Å². The van der Waals surface area contributed by atoms with Crippen LogP contribution in [0.4, 0.5) is 10.1 Å². The summed E-state index contributed by atoms with van der Waals surface area (Å²) in [7, 11) is 0. The average Bonchev–Trinajstić information content (AvgIpc) is 2.45. The van der Waals surface area contributed by atoms with Gasteiger partial charge in [0.1, 0.15) is 5.82 Å². The van der Waals surface area contributed by atoms with Crippen molar-refractivity contribution in [3.8, 4) is 0 Å². The quantitative estimate of drug-likeness (QED) is 0.367. The van der Waals surface area contributed by atoms with Crippen molar-refractivity contribution in [3.05, 3.63) is 40.0 Å². The molecule has 2 rings (SSSR count). The minimum absolute atomic E-state index is 0.183. The third-order valence-corrected chi connectivity index (χ3v) is 3.17. The highest BCUT2D eigenvalue weighted by molar-refractivity contribution is 5.99. The molecule has 0 N–H and O–H groups in total. The fraction of sp³-hybridized carbons (Fsp3) is 0.462. The minimum atomic E-state index is -0.433. The lowest BCUT2D eigenvalue weighted by atomic mass is 10.1. The van der Waals surface area contributed by atoms with Crippen molar-refractivity contribution in [2.75, 3.05) is 31.1 Å². The molecule has 1 aromatic rings. The summed E-state index contributed by atoms with van der Waals surface area (Å²) in [5.74, 6) is -0.615. The van der Waals surface area contributed by atoms with E-state index in [1.54, 1.807) is 6.07 Å². The van der Waals surface area contributed by atoms with Crippen molar-refractivity contribution >= 4 is 11.5 Å². The van der Waals surface area contributed by atoms with Crippen molar-refractivity contribution < 1.29 is 13.9 Å². The van der Waals surface area contributed by atoms with Crippen molar-refractivity contribution in [2.45, 2.75) is 13.0 Å². The van der Waals surface area contributed by atoms with Gasteiger partial charge in [-0.2, -0.15) is 0 Å². The number of hydrogen-bond acceptors (Lipinski definition) is 4. The van der Waals surface area contributed by atoms with Crippen LogP contribution >= 0.6 is 0 Å². The van der Waals surface area contributed by atoms with Gasteiger partial charge in [-0.1, -0.05) is 5.11 Å². The second-order valence-corrected chi connectivity index (χ2v) is 4.57. The molecule has 1 atom stereocenters. The molecule has 20 heavy (non-hydrogen) atoms. The molecule has 1 fully saturated rings. The van der Waals surface area contributed by atoms with Crippen LogP contribution in [-0.4, -0.2) is 38.1 Å². The molecule has 0 bridgehead atoms. The number of ketones is 1. The number of carbonyl (C=O) groups excluding carboxylic acids is 1. The van der Waals surface area contributed by atoms with Crippen molar-refractivity contribution in [1.82, 2.24) is 0 Å². The molecule has 0 unspecified atom stereocenters. The van der Waals surface area contributed by atoms with Crippen LogP contribution in [0.1, 0.15) is 17.3 Å². The van der Waals surface area contributed by atoms with E-state index in [2.05, 4.69) is 10.0 Å². The second kappa shape index (κ2) is 6.36. The van der Waals surface area contributed by atoms with Gasteiger partial charge in [-0.25, -0.2) is 4.39 Å². The first-order valence-corrected chi connectivity index (χ1v) is 6.29. The predicted octanol–water partition coefficient (Wildman–Crippen LogP) is 2.54. The molecule has 1 aliphatic rings. The Kier molecular flexibility index (Phi) is 4.55. The number of rotatable bonds is 4. The minimum Gasteiger partial charge on any atom is -0.374 e.